The minimum atomic E-state index is -2.06. The molecule has 0 saturated carbocycles. The van der Waals surface area contributed by atoms with E-state index in [1.165, 1.54) is 0 Å². The van der Waals surface area contributed by atoms with Gasteiger partial charge in [-0.1, -0.05) is 0 Å². The lowest BCUT2D eigenvalue weighted by molar-refractivity contribution is -0.171. The van der Waals surface area contributed by atoms with Gasteiger partial charge in [0.25, 0.3) is 0 Å². The molecular weight excluding hydrogens is 376 g/mol. The van der Waals surface area contributed by atoms with Crippen LogP contribution < -0.4 is 0 Å². The molecule has 0 aromatic heterocycles. The van der Waals surface area contributed by atoms with E-state index in [4.69, 9.17) is 20.4 Å². The maximum absolute atomic E-state index is 11.2. The van der Waals surface area contributed by atoms with E-state index in [0.29, 0.717) is 0 Å². The summed E-state index contributed by atoms with van der Waals surface area (Å²) in [5, 5.41) is 53.3. The maximum atomic E-state index is 11.2. The van der Waals surface area contributed by atoms with Gasteiger partial charge in [0.15, 0.2) is 12.2 Å². The van der Waals surface area contributed by atoms with E-state index in [0.717, 1.165) is 0 Å². The average Bonchev–Trinajstić information content (AvgIpc) is 2.56. The molecule has 0 aliphatic rings. The molecule has 6 N–H and O–H groups in total. The van der Waals surface area contributed by atoms with Gasteiger partial charge < -0.3 is 40.1 Å². The van der Waals surface area contributed by atoms with Crippen LogP contribution in [0.4, 0.5) is 0 Å². The molecule has 0 rings (SSSR count). The Bertz CT molecular complexity index is 427. The Labute approximate surface area is 141 Å². The normalized spacial score (nSPS) is 15.8. The monoisotopic (exact) mass is 390 g/mol. The smallest absolute Gasteiger partial charge is 0.354 e. The molecule has 0 fully saturated rings. The van der Waals surface area contributed by atoms with Crippen molar-refractivity contribution >= 4 is 45.5 Å². The number of hydrogen-bond acceptors (Lipinski definition) is 14. The Kier molecular flexibility index (Phi) is 10.7. The molecule has 0 aromatic carbocycles. The first kappa shape index (κ1) is 22.7. The van der Waals surface area contributed by atoms with Gasteiger partial charge in [0, 0.05) is 0 Å². The Hall–Kier alpha value is -1.26. The molecule has 0 aliphatic heterocycles. The van der Waals surface area contributed by atoms with Gasteiger partial charge in [-0.15, -0.1) is 0 Å². The quantitative estimate of drug-likeness (QED) is 0.0956. The first-order valence-corrected chi connectivity index (χ1v) is 8.18. The SMILES string of the molecule is O=C(OC(=O)C(O)SSC(O)C(=O)OC(=O)C(O)CO)C(O)CO. The van der Waals surface area contributed by atoms with E-state index in [9.17, 15) is 29.4 Å². The fraction of sp³-hybridized carbons (Fsp3) is 0.600. The molecule has 138 valence electrons. The predicted octanol–water partition coefficient (Wildman–Crippen LogP) is -4.15. The van der Waals surface area contributed by atoms with E-state index in [2.05, 4.69) is 9.47 Å². The third-order valence-electron chi connectivity index (χ3n) is 1.93. The van der Waals surface area contributed by atoms with Gasteiger partial charge in [-0.2, -0.15) is 0 Å². The number of carbonyl (C=O) groups excluding carboxylic acids is 4. The molecule has 0 heterocycles. The van der Waals surface area contributed by atoms with Crippen LogP contribution in [-0.2, 0) is 28.7 Å². The van der Waals surface area contributed by atoms with Gasteiger partial charge in [-0.25, -0.2) is 19.2 Å². The second-order valence-corrected chi connectivity index (χ2v) is 6.21. The molecule has 24 heavy (non-hydrogen) atoms. The van der Waals surface area contributed by atoms with Crippen molar-refractivity contribution in [3.8, 4) is 0 Å². The van der Waals surface area contributed by atoms with Crippen molar-refractivity contribution in [3.63, 3.8) is 0 Å². The summed E-state index contributed by atoms with van der Waals surface area (Å²) in [6.45, 7) is -2.02. The standard InChI is InChI=1S/C10H14O12S2/c11-1-3(13)5(15)21-7(17)9(19)23-24-10(20)8(18)22-6(16)4(14)2-12/h3-4,9-14,19-20H,1-2H2. The highest BCUT2D eigenvalue weighted by atomic mass is 33.1. The average molecular weight is 390 g/mol. The molecule has 0 radical (unpaired) electrons. The van der Waals surface area contributed by atoms with Crippen LogP contribution >= 0.6 is 21.6 Å². The zero-order valence-corrected chi connectivity index (χ0v) is 13.3. The minimum Gasteiger partial charge on any atom is -0.393 e. The van der Waals surface area contributed by atoms with Crippen molar-refractivity contribution in [2.45, 2.75) is 23.1 Å². The Balaban J connectivity index is 4.31. The van der Waals surface area contributed by atoms with Gasteiger partial charge >= 0.3 is 23.9 Å². The zero-order valence-electron chi connectivity index (χ0n) is 11.7. The topological polar surface area (TPSA) is 208 Å². The number of aliphatic hydroxyl groups excluding tert-OH is 6. The minimum absolute atomic E-state index is 0.151. The lowest BCUT2D eigenvalue weighted by atomic mass is 10.4. The Morgan fingerprint density at radius 2 is 0.958 bits per heavy atom. The predicted molar refractivity (Wildman–Crippen MR) is 75.6 cm³/mol. The van der Waals surface area contributed by atoms with E-state index in [1.807, 2.05) is 0 Å². The van der Waals surface area contributed by atoms with E-state index in [1.54, 1.807) is 0 Å². The molecule has 4 atom stereocenters. The molecule has 0 amide bonds. The van der Waals surface area contributed by atoms with Gasteiger partial charge in [-0.3, -0.25) is 0 Å². The van der Waals surface area contributed by atoms with Gasteiger partial charge in [0.05, 0.1) is 13.2 Å². The Morgan fingerprint density at radius 1 is 0.667 bits per heavy atom. The number of aliphatic hydroxyl groups is 6. The molecular formula is C10H14O12S2. The van der Waals surface area contributed by atoms with E-state index in [-0.39, 0.29) is 21.6 Å². The van der Waals surface area contributed by atoms with Crippen molar-refractivity contribution in [3.05, 3.63) is 0 Å². The summed E-state index contributed by atoms with van der Waals surface area (Å²) >= 11 is 0. The highest BCUT2D eigenvalue weighted by Gasteiger charge is 2.29. The second-order valence-electron chi connectivity index (χ2n) is 3.77. The molecule has 12 nitrogen and oxygen atoms in total. The zero-order chi connectivity index (χ0) is 18.9. The Morgan fingerprint density at radius 3 is 1.21 bits per heavy atom. The first-order chi connectivity index (χ1) is 11.1. The summed E-state index contributed by atoms with van der Waals surface area (Å²) in [4.78, 5) is 44.4. The molecule has 14 heteroatoms. The summed E-state index contributed by atoms with van der Waals surface area (Å²) in [5.41, 5.74) is -4.13. The van der Waals surface area contributed by atoms with Crippen molar-refractivity contribution < 1.29 is 59.3 Å². The number of rotatable bonds is 9. The van der Waals surface area contributed by atoms with E-state index >= 15 is 0 Å². The number of ether oxygens (including phenoxy) is 2. The van der Waals surface area contributed by atoms with Gasteiger partial charge in [0.1, 0.15) is 0 Å². The lowest BCUT2D eigenvalue weighted by Gasteiger charge is -2.13. The van der Waals surface area contributed by atoms with Gasteiger partial charge in [0.2, 0.25) is 10.9 Å². The van der Waals surface area contributed by atoms with E-state index < -0.39 is 60.2 Å². The van der Waals surface area contributed by atoms with Crippen LogP contribution in [0, 0.1) is 0 Å². The van der Waals surface area contributed by atoms with Crippen molar-refractivity contribution in [1.29, 1.82) is 0 Å². The summed E-state index contributed by atoms with van der Waals surface area (Å²) in [5.74, 6) is -6.12. The third kappa shape index (κ3) is 8.02. The number of hydrogen-bond donors (Lipinski definition) is 6. The summed E-state index contributed by atoms with van der Waals surface area (Å²) < 4.78 is 7.97. The first-order valence-electron chi connectivity index (χ1n) is 5.91. The van der Waals surface area contributed by atoms with Crippen molar-refractivity contribution in [2.24, 2.45) is 0 Å². The van der Waals surface area contributed by atoms with Gasteiger partial charge in [-0.05, 0) is 21.6 Å². The second kappa shape index (κ2) is 11.3. The highest BCUT2D eigenvalue weighted by molar-refractivity contribution is 8.77. The fourth-order valence-corrected chi connectivity index (χ4v) is 2.33. The lowest BCUT2D eigenvalue weighted by Crippen LogP contribution is -2.33. The van der Waals surface area contributed by atoms with Crippen LogP contribution in [0.1, 0.15) is 0 Å². The fourth-order valence-electron chi connectivity index (χ4n) is 0.768. The molecule has 0 spiro atoms. The maximum Gasteiger partial charge on any atom is 0.354 e. The summed E-state index contributed by atoms with van der Waals surface area (Å²) in [6.07, 6.45) is -3.97. The molecule has 4 unspecified atom stereocenters. The number of esters is 4. The molecule has 0 aliphatic carbocycles. The van der Waals surface area contributed by atoms with Crippen molar-refractivity contribution in [1.82, 2.24) is 0 Å². The summed E-state index contributed by atoms with van der Waals surface area (Å²) in [7, 11) is 0.302. The summed E-state index contributed by atoms with van der Waals surface area (Å²) in [6, 6.07) is 0. The van der Waals surface area contributed by atoms with Crippen LogP contribution in [0.3, 0.4) is 0 Å². The van der Waals surface area contributed by atoms with Crippen LogP contribution in [-0.4, -0.2) is 90.8 Å². The van der Waals surface area contributed by atoms with Crippen LogP contribution in [0.25, 0.3) is 0 Å². The van der Waals surface area contributed by atoms with Crippen LogP contribution in [0.5, 0.6) is 0 Å². The largest absolute Gasteiger partial charge is 0.393 e. The molecule has 0 bridgehead atoms. The van der Waals surface area contributed by atoms with Crippen molar-refractivity contribution in [2.75, 3.05) is 13.2 Å². The molecule has 0 aromatic rings. The number of carbonyl (C=O) groups is 4. The highest BCUT2D eigenvalue weighted by Crippen LogP contribution is 2.30. The molecule has 0 saturated heterocycles. The third-order valence-corrected chi connectivity index (χ3v) is 4.22. The van der Waals surface area contributed by atoms with Crippen LogP contribution in [0.2, 0.25) is 0 Å². The van der Waals surface area contributed by atoms with Crippen LogP contribution in [0.15, 0.2) is 0 Å².